The van der Waals surface area contributed by atoms with Crippen LogP contribution in [-0.4, -0.2) is 80.0 Å². The lowest BCUT2D eigenvalue weighted by atomic mass is 9.86. The molecule has 7 N–H and O–H groups in total. The standard InChI is InChI=1S/C47H62N6O7/c1-29-22-32(28-47(3,4)5)9-12-35(29)40(55)27-34(15-17-49)46(58)53(6)44-33-11-14-43(60-21-19-51)37(26-33)36-24-31(10-13-42(36)59-20-18-50)25-38(39(54)8-7-16-48)52-45(57)30(2)23-41(44)56/h9-14,22,24,26,30,34,38,44H,7-8,15,17-21,23,25,27-28,49-51H2,1-6H3,(H,52,57)/t30-,34-,38+,44+/m1/s1. The van der Waals surface area contributed by atoms with Crippen LogP contribution in [-0.2, 0) is 32.0 Å². The number of carbonyl (C=O) groups is 5. The predicted octanol–water partition coefficient (Wildman–Crippen LogP) is 5.17. The minimum Gasteiger partial charge on any atom is -0.492 e. The molecule has 0 saturated heterocycles. The molecule has 0 aromatic heterocycles. The molecule has 0 unspecified atom stereocenters. The number of hydrogen-bond donors (Lipinski definition) is 4. The maximum atomic E-state index is 14.6. The zero-order chi connectivity index (χ0) is 44.1. The van der Waals surface area contributed by atoms with Gasteiger partial charge in [0.15, 0.2) is 17.3 Å². The van der Waals surface area contributed by atoms with Gasteiger partial charge in [0.2, 0.25) is 11.8 Å². The van der Waals surface area contributed by atoms with E-state index in [1.165, 1.54) is 11.9 Å². The molecule has 1 aliphatic heterocycles. The molecule has 60 heavy (non-hydrogen) atoms. The van der Waals surface area contributed by atoms with E-state index in [1.807, 2.05) is 37.3 Å². The highest BCUT2D eigenvalue weighted by Gasteiger charge is 2.36. The van der Waals surface area contributed by atoms with Crippen LogP contribution < -0.4 is 32.0 Å². The van der Waals surface area contributed by atoms with Gasteiger partial charge in [-0.1, -0.05) is 58.0 Å². The van der Waals surface area contributed by atoms with Crippen LogP contribution in [0.5, 0.6) is 11.5 Å². The molecule has 13 heteroatoms. The number of aryl methyl sites for hydroxylation is 1. The van der Waals surface area contributed by atoms with Crippen molar-refractivity contribution in [2.24, 2.45) is 34.5 Å². The molecule has 4 atom stereocenters. The lowest BCUT2D eigenvalue weighted by molar-refractivity contribution is -0.142. The van der Waals surface area contributed by atoms with E-state index in [4.69, 9.17) is 26.7 Å². The molecular weight excluding hydrogens is 761 g/mol. The summed E-state index contributed by atoms with van der Waals surface area (Å²) in [4.78, 5) is 71.7. The van der Waals surface area contributed by atoms with Crippen molar-refractivity contribution in [3.8, 4) is 28.7 Å². The predicted molar refractivity (Wildman–Crippen MR) is 231 cm³/mol. The first-order chi connectivity index (χ1) is 28.5. The summed E-state index contributed by atoms with van der Waals surface area (Å²) >= 11 is 0. The van der Waals surface area contributed by atoms with Crippen LogP contribution in [0.1, 0.15) is 98.5 Å². The second-order valence-corrected chi connectivity index (χ2v) is 17.0. The molecule has 0 saturated carbocycles. The molecule has 1 heterocycles. The van der Waals surface area contributed by atoms with Gasteiger partial charge in [-0.2, -0.15) is 5.26 Å². The molecular formula is C47H62N6O7. The normalized spacial score (nSPS) is 17.4. The van der Waals surface area contributed by atoms with Crippen LogP contribution in [0.2, 0.25) is 0 Å². The van der Waals surface area contributed by atoms with Gasteiger partial charge in [0.05, 0.1) is 12.1 Å². The molecule has 3 aromatic rings. The summed E-state index contributed by atoms with van der Waals surface area (Å²) in [5.74, 6) is -2.78. The van der Waals surface area contributed by atoms with Gasteiger partial charge in [-0.15, -0.1) is 0 Å². The number of ether oxygens (including phenoxy) is 2. The first kappa shape index (κ1) is 47.3. The minimum absolute atomic E-state index is 0.0207. The molecule has 4 bridgehead atoms. The van der Waals surface area contributed by atoms with E-state index in [0.29, 0.717) is 39.3 Å². The third kappa shape index (κ3) is 12.5. The van der Waals surface area contributed by atoms with Crippen LogP contribution in [0, 0.1) is 35.5 Å². The maximum absolute atomic E-state index is 14.6. The van der Waals surface area contributed by atoms with Gasteiger partial charge in [0.25, 0.3) is 0 Å². The zero-order valence-electron chi connectivity index (χ0n) is 36.0. The van der Waals surface area contributed by atoms with Crippen molar-refractivity contribution in [3.63, 3.8) is 0 Å². The van der Waals surface area contributed by atoms with Crippen molar-refractivity contribution in [3.05, 3.63) is 82.4 Å². The number of fused-ring (bicyclic) bond motifs is 5. The van der Waals surface area contributed by atoms with Gasteiger partial charge in [-0.3, -0.25) is 24.0 Å². The molecule has 0 radical (unpaired) electrons. The fourth-order valence-corrected chi connectivity index (χ4v) is 7.74. The third-order valence-electron chi connectivity index (χ3n) is 10.6. The molecule has 13 nitrogen and oxygen atoms in total. The van der Waals surface area contributed by atoms with Crippen LogP contribution >= 0.6 is 0 Å². The van der Waals surface area contributed by atoms with Gasteiger partial charge in [-0.25, -0.2) is 0 Å². The number of Topliss-reactive ketones (excluding diaryl/α,β-unsaturated/α-hetero) is 3. The Morgan fingerprint density at radius 2 is 1.57 bits per heavy atom. The lowest BCUT2D eigenvalue weighted by Gasteiger charge is -2.32. The first-order valence-corrected chi connectivity index (χ1v) is 20.8. The van der Waals surface area contributed by atoms with Crippen molar-refractivity contribution in [1.29, 1.82) is 5.26 Å². The van der Waals surface area contributed by atoms with E-state index in [1.54, 1.807) is 37.3 Å². The number of amides is 2. The third-order valence-corrected chi connectivity index (χ3v) is 10.6. The SMILES string of the molecule is Cc1cc(CC(C)(C)C)ccc1C(=O)C[C@@H](CCN)C(=O)N(C)[C@@H]1C(=O)C[C@@H](C)C(=O)N[C@H](C(=O)CCC#N)Cc2ccc(OCCN)c(c2)-c2cc1ccc2OCCN. The average molecular weight is 823 g/mol. The average Bonchev–Trinajstić information content (AvgIpc) is 3.19. The Kier molecular flexibility index (Phi) is 17.1. The fourth-order valence-electron chi connectivity index (χ4n) is 7.74. The van der Waals surface area contributed by atoms with Crippen LogP contribution in [0.4, 0.5) is 0 Å². The van der Waals surface area contributed by atoms with E-state index >= 15 is 0 Å². The van der Waals surface area contributed by atoms with Crippen molar-refractivity contribution in [2.45, 2.75) is 91.6 Å². The Balaban J connectivity index is 1.84. The summed E-state index contributed by atoms with van der Waals surface area (Å²) in [6.07, 6.45) is 0.670. The number of ketones is 3. The van der Waals surface area contributed by atoms with E-state index < -0.39 is 41.5 Å². The highest BCUT2D eigenvalue weighted by Crippen LogP contribution is 2.41. The number of nitriles is 1. The Morgan fingerprint density at radius 1 is 0.917 bits per heavy atom. The Hall–Kier alpha value is -5.42. The highest BCUT2D eigenvalue weighted by atomic mass is 16.5. The number of nitrogens with two attached hydrogens (primary N) is 3. The second kappa shape index (κ2) is 21.7. The molecule has 2 amide bonds. The molecule has 0 fully saturated rings. The van der Waals surface area contributed by atoms with Gasteiger partial charge in [0, 0.05) is 74.3 Å². The monoisotopic (exact) mass is 822 g/mol. The van der Waals surface area contributed by atoms with Gasteiger partial charge < -0.3 is 36.9 Å². The summed E-state index contributed by atoms with van der Waals surface area (Å²) in [7, 11) is 1.53. The van der Waals surface area contributed by atoms with Gasteiger partial charge >= 0.3 is 0 Å². The Bertz CT molecular complexity index is 2070. The number of nitrogens with one attached hydrogen (secondary N) is 1. The van der Waals surface area contributed by atoms with E-state index in [-0.39, 0.29) is 88.4 Å². The van der Waals surface area contributed by atoms with E-state index in [9.17, 15) is 29.2 Å². The molecule has 0 spiro atoms. The summed E-state index contributed by atoms with van der Waals surface area (Å²) in [5, 5.41) is 12.1. The highest BCUT2D eigenvalue weighted by molar-refractivity contribution is 6.01. The number of hydrogen-bond acceptors (Lipinski definition) is 11. The lowest BCUT2D eigenvalue weighted by Crippen LogP contribution is -2.46. The molecule has 4 rings (SSSR count). The summed E-state index contributed by atoms with van der Waals surface area (Å²) < 4.78 is 12.2. The molecule has 322 valence electrons. The van der Waals surface area contributed by atoms with Crippen molar-refractivity contribution >= 4 is 29.2 Å². The topological polar surface area (TPSA) is 221 Å². The number of benzene rings is 3. The Labute approximate surface area is 354 Å². The van der Waals surface area contributed by atoms with Gasteiger partial charge in [-0.05, 0) is 84.7 Å². The number of likely N-dealkylation sites (N-methyl/N-ethyl adjacent to an activating group) is 1. The second-order valence-electron chi connectivity index (χ2n) is 17.0. The largest absolute Gasteiger partial charge is 0.492 e. The van der Waals surface area contributed by atoms with E-state index in [2.05, 4.69) is 26.1 Å². The van der Waals surface area contributed by atoms with Crippen LogP contribution in [0.25, 0.3) is 11.1 Å². The maximum Gasteiger partial charge on any atom is 0.226 e. The van der Waals surface area contributed by atoms with Gasteiger partial charge in [0.1, 0.15) is 30.8 Å². The summed E-state index contributed by atoms with van der Waals surface area (Å²) in [6.45, 7) is 10.9. The summed E-state index contributed by atoms with van der Waals surface area (Å²) in [5.41, 5.74) is 22.5. The zero-order valence-corrected chi connectivity index (χ0v) is 36.0. The Morgan fingerprint density at radius 3 is 2.17 bits per heavy atom. The smallest absolute Gasteiger partial charge is 0.226 e. The van der Waals surface area contributed by atoms with Crippen LogP contribution in [0.15, 0.2) is 54.6 Å². The number of nitrogens with zero attached hydrogens (tertiary/aromatic N) is 2. The van der Waals surface area contributed by atoms with Crippen LogP contribution in [0.3, 0.4) is 0 Å². The first-order valence-electron chi connectivity index (χ1n) is 20.8. The number of rotatable bonds is 17. The summed E-state index contributed by atoms with van der Waals surface area (Å²) in [6, 6.07) is 16.2. The fraction of sp³-hybridized carbons (Fsp3) is 0.489. The molecule has 3 aromatic carbocycles. The molecule has 1 aliphatic rings. The van der Waals surface area contributed by atoms with Crippen molar-refractivity contribution in [2.75, 3.05) is 39.9 Å². The van der Waals surface area contributed by atoms with E-state index in [0.717, 1.165) is 17.5 Å². The number of carbonyl (C=O) groups excluding carboxylic acids is 5. The molecule has 0 aliphatic carbocycles. The van der Waals surface area contributed by atoms with Crippen molar-refractivity contribution in [1.82, 2.24) is 10.2 Å². The minimum atomic E-state index is -1.20. The van der Waals surface area contributed by atoms with Crippen molar-refractivity contribution < 1.29 is 33.4 Å². The quantitative estimate of drug-likeness (QED) is 0.130.